The van der Waals surface area contributed by atoms with E-state index in [2.05, 4.69) is 5.32 Å². The van der Waals surface area contributed by atoms with Gasteiger partial charge in [-0.3, -0.25) is 19.3 Å². The average Bonchev–Trinajstić information content (AvgIpc) is 3.74. The maximum atomic E-state index is 13.6. The Kier molecular flexibility index (Phi) is 9.03. The number of rotatable bonds is 12. The number of thiocarbonyl (C=S) groups is 1. The number of nitrogens with one attached hydrogen (secondary N) is 1. The van der Waals surface area contributed by atoms with E-state index in [9.17, 15) is 14.4 Å². The third kappa shape index (κ3) is 6.62. The number of carbonyl (C=O) groups excluding carboxylic acids is 3. The summed E-state index contributed by atoms with van der Waals surface area (Å²) in [6.45, 7) is 0.427. The highest BCUT2D eigenvalue weighted by Gasteiger charge is 2.48. The van der Waals surface area contributed by atoms with E-state index in [0.717, 1.165) is 17.5 Å². The van der Waals surface area contributed by atoms with Crippen LogP contribution in [-0.2, 0) is 20.8 Å². The van der Waals surface area contributed by atoms with E-state index in [1.807, 2.05) is 23.1 Å². The van der Waals surface area contributed by atoms with E-state index in [1.54, 1.807) is 26.4 Å². The first-order valence-corrected chi connectivity index (χ1v) is 15.2. The maximum Gasteiger partial charge on any atom is 0.266 e. The summed E-state index contributed by atoms with van der Waals surface area (Å²) in [7, 11) is 3.18. The van der Waals surface area contributed by atoms with Gasteiger partial charge in [0.05, 0.1) is 19.1 Å². The first-order chi connectivity index (χ1) is 19.7. The lowest BCUT2D eigenvalue weighted by Crippen LogP contribution is -2.41. The van der Waals surface area contributed by atoms with Crippen LogP contribution in [0.1, 0.15) is 56.3 Å². The minimum absolute atomic E-state index is 0.0193. The molecule has 2 bridgehead atoms. The number of carbonyl (C=O) groups is 3. The number of primary amides is 1. The molecule has 0 spiro atoms. The summed E-state index contributed by atoms with van der Waals surface area (Å²) in [4.78, 5) is 38.9. The van der Waals surface area contributed by atoms with Gasteiger partial charge in [-0.1, -0.05) is 30.4 Å². The van der Waals surface area contributed by atoms with Gasteiger partial charge in [-0.15, -0.1) is 0 Å². The quantitative estimate of drug-likeness (QED) is 0.206. The van der Waals surface area contributed by atoms with Crippen molar-refractivity contribution in [2.24, 2.45) is 17.6 Å². The highest BCUT2D eigenvalue weighted by Crippen LogP contribution is 2.49. The van der Waals surface area contributed by atoms with E-state index < -0.39 is 5.91 Å². The molecule has 41 heavy (non-hydrogen) atoms. The number of aryl methyl sites for hydroxylation is 1. The fourth-order valence-electron chi connectivity index (χ4n) is 6.10. The number of amides is 3. The molecule has 2 heterocycles. The maximum absolute atomic E-state index is 13.6. The van der Waals surface area contributed by atoms with Crippen LogP contribution in [0.4, 0.5) is 0 Å². The van der Waals surface area contributed by atoms with E-state index in [4.69, 9.17) is 31.8 Å². The van der Waals surface area contributed by atoms with Crippen molar-refractivity contribution in [3.8, 4) is 22.8 Å². The molecule has 5 rings (SSSR count). The van der Waals surface area contributed by atoms with Gasteiger partial charge in [0.15, 0.2) is 0 Å². The van der Waals surface area contributed by atoms with Crippen LogP contribution in [0.2, 0.25) is 0 Å². The molecule has 2 aliphatic carbocycles. The van der Waals surface area contributed by atoms with Crippen LogP contribution >= 0.6 is 24.0 Å². The number of thioether (sulfide) groups is 1. The minimum Gasteiger partial charge on any atom is -0.497 e. The Bertz CT molecular complexity index is 1360. The molecule has 2 aromatic rings. The first kappa shape index (κ1) is 29.2. The Hall–Kier alpha value is -3.31. The highest BCUT2D eigenvalue weighted by atomic mass is 32.2. The fraction of sp³-hybridized carbons (Fsp3) is 0.467. The summed E-state index contributed by atoms with van der Waals surface area (Å²) in [5, 5.41) is 2.82. The SMILES string of the molecule is COc1cc(OC)cc(-c2cc(CCCNC(=O)CCC(N)=O)c(/C=C3\SC(=S)N(C4CC5CCC4C5)C3=O)o2)c1. The number of hydrogen-bond acceptors (Lipinski definition) is 8. The van der Waals surface area contributed by atoms with Crippen LogP contribution in [0.5, 0.6) is 11.5 Å². The highest BCUT2D eigenvalue weighted by molar-refractivity contribution is 8.26. The summed E-state index contributed by atoms with van der Waals surface area (Å²) in [6, 6.07) is 7.66. The number of nitrogens with two attached hydrogens (primary N) is 1. The van der Waals surface area contributed by atoms with Crippen LogP contribution in [0.3, 0.4) is 0 Å². The van der Waals surface area contributed by atoms with Crippen LogP contribution < -0.4 is 20.5 Å². The minimum atomic E-state index is -0.504. The summed E-state index contributed by atoms with van der Waals surface area (Å²) < 4.78 is 17.8. The van der Waals surface area contributed by atoms with Gasteiger partial charge in [-0.2, -0.15) is 0 Å². The van der Waals surface area contributed by atoms with Crippen molar-refractivity contribution >= 4 is 52.1 Å². The Morgan fingerprint density at radius 1 is 1.15 bits per heavy atom. The van der Waals surface area contributed by atoms with Gasteiger partial charge in [0.1, 0.15) is 27.3 Å². The summed E-state index contributed by atoms with van der Waals surface area (Å²) in [5.41, 5.74) is 6.81. The van der Waals surface area contributed by atoms with Gasteiger partial charge in [-0.05, 0) is 67.7 Å². The van der Waals surface area contributed by atoms with Crippen molar-refractivity contribution < 1.29 is 28.3 Å². The molecular weight excluding hydrogens is 562 g/mol. The number of methoxy groups -OCH3 is 2. The van der Waals surface area contributed by atoms with Gasteiger partial charge in [0.2, 0.25) is 11.8 Å². The molecule has 3 atom stereocenters. The molecule has 2 saturated carbocycles. The van der Waals surface area contributed by atoms with Crippen LogP contribution in [0.15, 0.2) is 33.6 Å². The van der Waals surface area contributed by atoms with E-state index >= 15 is 0 Å². The van der Waals surface area contributed by atoms with Crippen LogP contribution in [0, 0.1) is 11.8 Å². The Morgan fingerprint density at radius 2 is 1.90 bits per heavy atom. The third-order valence-corrected chi connectivity index (χ3v) is 9.47. The molecule has 1 aliphatic heterocycles. The van der Waals surface area contributed by atoms with Crippen molar-refractivity contribution in [1.82, 2.24) is 10.2 Å². The lowest BCUT2D eigenvalue weighted by molar-refractivity contribution is -0.125. The molecule has 3 unspecified atom stereocenters. The summed E-state index contributed by atoms with van der Waals surface area (Å²) in [6.07, 6.45) is 7.76. The number of hydrogen-bond donors (Lipinski definition) is 2. The van der Waals surface area contributed by atoms with Crippen LogP contribution in [-0.4, -0.2) is 53.7 Å². The Morgan fingerprint density at radius 3 is 2.54 bits per heavy atom. The molecule has 3 amide bonds. The van der Waals surface area contributed by atoms with Crippen molar-refractivity contribution in [2.75, 3.05) is 20.8 Å². The van der Waals surface area contributed by atoms with E-state index in [0.29, 0.717) is 63.5 Å². The Balaban J connectivity index is 1.37. The van der Waals surface area contributed by atoms with Crippen molar-refractivity contribution in [2.45, 2.75) is 57.4 Å². The molecule has 11 heteroatoms. The predicted molar refractivity (Wildman–Crippen MR) is 161 cm³/mol. The second-order valence-electron chi connectivity index (χ2n) is 10.8. The second kappa shape index (κ2) is 12.7. The number of fused-ring (bicyclic) bond motifs is 2. The van der Waals surface area contributed by atoms with Crippen molar-refractivity contribution in [3.63, 3.8) is 0 Å². The van der Waals surface area contributed by atoms with Crippen molar-refractivity contribution in [1.29, 1.82) is 0 Å². The predicted octanol–water partition coefficient (Wildman–Crippen LogP) is 4.67. The molecule has 1 saturated heterocycles. The molecule has 3 aliphatic rings. The molecule has 3 fully saturated rings. The fourth-order valence-corrected chi connectivity index (χ4v) is 7.44. The smallest absolute Gasteiger partial charge is 0.266 e. The monoisotopic (exact) mass is 597 g/mol. The average molecular weight is 598 g/mol. The van der Waals surface area contributed by atoms with Gasteiger partial charge in [0.25, 0.3) is 5.91 Å². The first-order valence-electron chi connectivity index (χ1n) is 13.9. The van der Waals surface area contributed by atoms with Crippen molar-refractivity contribution in [3.05, 3.63) is 40.5 Å². The molecular formula is C30H35N3O6S2. The lowest BCUT2D eigenvalue weighted by atomic mass is 9.94. The topological polar surface area (TPSA) is 124 Å². The zero-order valence-corrected chi connectivity index (χ0v) is 24.9. The number of nitrogens with zero attached hydrogens (tertiary/aromatic N) is 1. The number of benzene rings is 1. The summed E-state index contributed by atoms with van der Waals surface area (Å²) >= 11 is 7.01. The normalized spacial score (nSPS) is 22.5. The van der Waals surface area contributed by atoms with Gasteiger partial charge >= 0.3 is 0 Å². The second-order valence-corrected chi connectivity index (χ2v) is 12.5. The van der Waals surface area contributed by atoms with Gasteiger partial charge in [-0.25, -0.2) is 0 Å². The molecule has 0 radical (unpaired) electrons. The third-order valence-electron chi connectivity index (χ3n) is 8.14. The summed E-state index contributed by atoms with van der Waals surface area (Å²) in [5.74, 6) is 2.91. The van der Waals surface area contributed by atoms with E-state index in [1.165, 1.54) is 31.0 Å². The van der Waals surface area contributed by atoms with Gasteiger partial charge < -0.3 is 24.9 Å². The zero-order chi connectivity index (χ0) is 29.1. The van der Waals surface area contributed by atoms with E-state index in [-0.39, 0.29) is 30.7 Å². The largest absolute Gasteiger partial charge is 0.497 e. The van der Waals surface area contributed by atoms with Crippen LogP contribution in [0.25, 0.3) is 17.4 Å². The molecule has 3 N–H and O–H groups in total. The van der Waals surface area contributed by atoms with Gasteiger partial charge in [0, 0.05) is 43.1 Å². The molecule has 1 aromatic heterocycles. The number of ether oxygens (including phenoxy) is 2. The lowest BCUT2D eigenvalue weighted by Gasteiger charge is -2.30. The standard InChI is InChI=1S/C30H35N3O6S2/c1-37-21-12-20(13-22(15-21)38-2)24-14-19(4-3-9-32-28(35)8-7-27(31)34)25(39-24)16-26-29(36)33(30(40)41-26)23-11-17-5-6-18(23)10-17/h12-18,23H,3-11H2,1-2H3,(H2,31,34)(H,32,35)/b26-16-. The zero-order valence-electron chi connectivity index (χ0n) is 23.3. The molecule has 9 nitrogen and oxygen atoms in total. The number of furan rings is 1. The Labute approximate surface area is 249 Å². The molecule has 1 aromatic carbocycles. The molecule has 218 valence electrons.